The Labute approximate surface area is 330 Å². The molecule has 8 nitrogen and oxygen atoms in total. The van der Waals surface area contributed by atoms with Gasteiger partial charge in [0.05, 0.1) is 24.2 Å². The SMILES string of the molecule is CC12CCC(Oc3con4c(C5=CCC6C7CC=C8CC(O)CCC8(C)C7CCC56C)cnc34)CC1=CCC1C2CCC2(C)C(c3cnc4occn34)=CCC12. The molecule has 0 amide bonds. The number of nitrogens with zero attached hydrogens (tertiary/aromatic N) is 4. The molecule has 8 aliphatic carbocycles. The fourth-order valence-electron chi connectivity index (χ4n) is 15.4. The maximum absolute atomic E-state index is 10.5. The van der Waals surface area contributed by atoms with Crippen LogP contribution in [-0.2, 0) is 0 Å². The Kier molecular flexibility index (Phi) is 7.14. The second kappa shape index (κ2) is 11.7. The van der Waals surface area contributed by atoms with Gasteiger partial charge >= 0.3 is 5.84 Å². The summed E-state index contributed by atoms with van der Waals surface area (Å²) in [4.78, 5) is 9.54. The molecule has 12 atom stereocenters. The molecule has 4 fully saturated rings. The van der Waals surface area contributed by atoms with Crippen LogP contribution in [0.3, 0.4) is 0 Å². The van der Waals surface area contributed by atoms with Crippen LogP contribution in [0.4, 0.5) is 0 Å². The average Bonchev–Trinajstić information content (AvgIpc) is 4.03. The second-order valence-corrected chi connectivity index (χ2v) is 20.6. The summed E-state index contributed by atoms with van der Waals surface area (Å²) in [5, 5.41) is 10.5. The van der Waals surface area contributed by atoms with Crippen molar-refractivity contribution >= 4 is 22.6 Å². The summed E-state index contributed by atoms with van der Waals surface area (Å²) in [5.41, 5.74) is 9.95. The topological polar surface area (TPSA) is 90.3 Å². The van der Waals surface area contributed by atoms with E-state index in [0.717, 1.165) is 68.5 Å². The van der Waals surface area contributed by atoms with Gasteiger partial charge in [0, 0.05) is 12.6 Å². The molecular weight excluding hydrogens is 697 g/mol. The smallest absolute Gasteiger partial charge is 0.306 e. The Bertz CT molecular complexity index is 2380. The fourth-order valence-corrected chi connectivity index (χ4v) is 15.4. The van der Waals surface area contributed by atoms with Crippen LogP contribution in [0.5, 0.6) is 5.75 Å². The largest absolute Gasteiger partial charge is 0.483 e. The van der Waals surface area contributed by atoms with E-state index in [1.165, 1.54) is 55.4 Å². The number of oxazole rings is 1. The molecular formula is C48H58N4O4. The zero-order chi connectivity index (χ0) is 37.8. The molecule has 0 saturated heterocycles. The fraction of sp³-hybridized carbons (Fsp3) is 0.625. The highest BCUT2D eigenvalue weighted by Crippen LogP contribution is 2.68. The summed E-state index contributed by atoms with van der Waals surface area (Å²) >= 11 is 0. The van der Waals surface area contributed by atoms with Crippen LogP contribution >= 0.6 is 0 Å². The lowest BCUT2D eigenvalue weighted by molar-refractivity contribution is -0.0239. The molecule has 4 aromatic heterocycles. The summed E-state index contributed by atoms with van der Waals surface area (Å²) in [6.45, 7) is 10.2. The molecule has 12 unspecified atom stereocenters. The summed E-state index contributed by atoms with van der Waals surface area (Å²) < 4.78 is 22.9. The molecule has 4 aromatic rings. The van der Waals surface area contributed by atoms with E-state index in [2.05, 4.69) is 61.4 Å². The second-order valence-electron chi connectivity index (χ2n) is 20.6. The zero-order valence-corrected chi connectivity index (χ0v) is 33.7. The predicted molar refractivity (Wildman–Crippen MR) is 215 cm³/mol. The van der Waals surface area contributed by atoms with Gasteiger partial charge in [0.1, 0.15) is 18.1 Å². The Balaban J connectivity index is 0.753. The number of hydrogen-bond donors (Lipinski definition) is 1. The van der Waals surface area contributed by atoms with Crippen LogP contribution in [0.2, 0.25) is 0 Å². The minimum Gasteiger partial charge on any atom is -0.483 e. The molecule has 4 heterocycles. The van der Waals surface area contributed by atoms with Crippen molar-refractivity contribution in [3.63, 3.8) is 0 Å². The van der Waals surface area contributed by atoms with Crippen molar-refractivity contribution in [2.24, 2.45) is 57.2 Å². The summed E-state index contributed by atoms with van der Waals surface area (Å²) in [5.74, 6) is 5.58. The molecule has 8 aliphatic rings. The van der Waals surface area contributed by atoms with Gasteiger partial charge in [-0.1, -0.05) is 63.1 Å². The molecule has 8 heteroatoms. The lowest BCUT2D eigenvalue weighted by Gasteiger charge is -2.57. The maximum atomic E-state index is 10.5. The zero-order valence-electron chi connectivity index (χ0n) is 33.7. The van der Waals surface area contributed by atoms with Crippen molar-refractivity contribution in [1.82, 2.24) is 18.9 Å². The molecule has 4 saturated carbocycles. The molecule has 294 valence electrons. The quantitative estimate of drug-likeness (QED) is 0.209. The Hall–Kier alpha value is -3.78. The van der Waals surface area contributed by atoms with Crippen molar-refractivity contribution in [1.29, 1.82) is 0 Å². The minimum atomic E-state index is -0.154. The van der Waals surface area contributed by atoms with Crippen LogP contribution in [-0.4, -0.2) is 36.3 Å². The Morgan fingerprint density at radius 2 is 1.32 bits per heavy atom. The first-order chi connectivity index (χ1) is 27.1. The maximum Gasteiger partial charge on any atom is 0.306 e. The molecule has 0 radical (unpaired) electrons. The van der Waals surface area contributed by atoms with E-state index >= 15 is 0 Å². The van der Waals surface area contributed by atoms with Gasteiger partial charge in [0.15, 0.2) is 6.26 Å². The third kappa shape index (κ3) is 4.46. The average molecular weight is 755 g/mol. The van der Waals surface area contributed by atoms with Crippen LogP contribution in [0.1, 0.15) is 129 Å². The van der Waals surface area contributed by atoms with E-state index < -0.39 is 0 Å². The van der Waals surface area contributed by atoms with E-state index in [0.29, 0.717) is 41.4 Å². The van der Waals surface area contributed by atoms with E-state index in [-0.39, 0.29) is 33.9 Å². The first kappa shape index (κ1) is 34.3. The number of aliphatic hydroxyl groups excluding tert-OH is 1. The van der Waals surface area contributed by atoms with Gasteiger partial charge in [-0.15, -0.1) is 0 Å². The van der Waals surface area contributed by atoms with Crippen molar-refractivity contribution in [2.45, 2.75) is 130 Å². The summed E-state index contributed by atoms with van der Waals surface area (Å²) in [6.07, 6.45) is 35.6. The van der Waals surface area contributed by atoms with Crippen LogP contribution in [0.15, 0.2) is 75.5 Å². The van der Waals surface area contributed by atoms with E-state index in [9.17, 15) is 5.11 Å². The van der Waals surface area contributed by atoms with Gasteiger partial charge in [-0.05, 0) is 152 Å². The Morgan fingerprint density at radius 1 is 0.696 bits per heavy atom. The first-order valence-corrected chi connectivity index (χ1v) is 22.1. The van der Waals surface area contributed by atoms with E-state index in [1.807, 2.05) is 29.4 Å². The van der Waals surface area contributed by atoms with E-state index in [4.69, 9.17) is 18.7 Å². The monoisotopic (exact) mass is 754 g/mol. The number of rotatable bonds is 4. The van der Waals surface area contributed by atoms with Crippen LogP contribution < -0.4 is 4.74 Å². The van der Waals surface area contributed by atoms with Gasteiger partial charge < -0.3 is 18.8 Å². The van der Waals surface area contributed by atoms with Crippen molar-refractivity contribution in [3.8, 4) is 5.75 Å². The summed E-state index contributed by atoms with van der Waals surface area (Å²) in [6, 6.07) is 0. The van der Waals surface area contributed by atoms with Crippen LogP contribution in [0, 0.1) is 57.2 Å². The number of fused-ring (bicyclic) bond motifs is 12. The number of ether oxygens (including phenoxy) is 1. The van der Waals surface area contributed by atoms with Crippen molar-refractivity contribution in [2.75, 3.05) is 0 Å². The van der Waals surface area contributed by atoms with E-state index in [1.54, 1.807) is 17.4 Å². The highest BCUT2D eigenvalue weighted by atomic mass is 16.5. The minimum absolute atomic E-state index is 0.110. The lowest BCUT2D eigenvalue weighted by atomic mass is 9.47. The first-order valence-electron chi connectivity index (χ1n) is 22.1. The molecule has 0 spiro atoms. The third-order valence-electron chi connectivity index (χ3n) is 18.5. The summed E-state index contributed by atoms with van der Waals surface area (Å²) in [7, 11) is 0. The Morgan fingerprint density at radius 3 is 2.04 bits per heavy atom. The molecule has 1 N–H and O–H groups in total. The van der Waals surface area contributed by atoms with Gasteiger partial charge in [-0.2, -0.15) is 4.57 Å². The van der Waals surface area contributed by atoms with Gasteiger partial charge in [0.25, 0.3) is 0 Å². The van der Waals surface area contributed by atoms with Crippen molar-refractivity contribution < 1.29 is 18.8 Å². The highest BCUT2D eigenvalue weighted by molar-refractivity contribution is 5.74. The standard InChI is InChI=1S/C48H58N4O4/c1-45-17-13-30(53)23-28(45)5-7-32-35-10-12-39(48(35,4)20-16-36(32)45)41-26-49-43-42(27-55-52(41)43)56-31-14-18-46(2)29(24-31)6-8-33-34-9-11-38(47(34,3)19-15-37(33)46)40-25-50-44-51(40)21-22-54-44/h5-6,11-12,21-22,25-27,30-37,53H,7-10,13-20,23-24H2,1-4H3. The van der Waals surface area contributed by atoms with Gasteiger partial charge in [0.2, 0.25) is 11.4 Å². The molecule has 0 aromatic carbocycles. The number of hydrogen-bond acceptors (Lipinski definition) is 6. The molecule has 0 aliphatic heterocycles. The molecule has 0 bridgehead atoms. The van der Waals surface area contributed by atoms with Gasteiger partial charge in [-0.25, -0.2) is 9.97 Å². The third-order valence-corrected chi connectivity index (χ3v) is 18.5. The van der Waals surface area contributed by atoms with Crippen LogP contribution in [0.25, 0.3) is 22.6 Å². The molecule has 12 rings (SSSR count). The predicted octanol–water partition coefficient (Wildman–Crippen LogP) is 10.9. The normalized spacial score (nSPS) is 42.8. The van der Waals surface area contributed by atoms with Gasteiger partial charge in [-0.3, -0.25) is 4.40 Å². The highest BCUT2D eigenvalue weighted by Gasteiger charge is 2.59. The number of allylic oxidation sites excluding steroid dienone is 6. The van der Waals surface area contributed by atoms with Crippen molar-refractivity contribution in [3.05, 3.63) is 78.0 Å². The lowest BCUT2D eigenvalue weighted by Crippen LogP contribution is -2.50. The molecule has 56 heavy (non-hydrogen) atoms. The number of aliphatic hydroxyl groups is 1. The number of aromatic nitrogens is 4. The number of imidazole rings is 2.